The van der Waals surface area contributed by atoms with Crippen molar-refractivity contribution in [3.05, 3.63) is 35.4 Å². The third-order valence-electron chi connectivity index (χ3n) is 3.97. The fourth-order valence-electron chi connectivity index (χ4n) is 2.44. The van der Waals surface area contributed by atoms with Gasteiger partial charge in [0.2, 0.25) is 0 Å². The van der Waals surface area contributed by atoms with Crippen molar-refractivity contribution in [3.63, 3.8) is 0 Å². The summed E-state index contributed by atoms with van der Waals surface area (Å²) in [5, 5.41) is 9.29. The van der Waals surface area contributed by atoms with Gasteiger partial charge in [0.25, 0.3) is 5.91 Å². The Kier molecular flexibility index (Phi) is 6.91. The molecule has 2 rings (SSSR count). The van der Waals surface area contributed by atoms with Crippen LogP contribution in [-0.4, -0.2) is 38.5 Å². The second-order valence-electron chi connectivity index (χ2n) is 5.95. The van der Waals surface area contributed by atoms with Crippen LogP contribution in [0, 0.1) is 5.92 Å². The standard InChI is InChI=1S/C18H28N4O/c1-3-20-18(21-11-9-14-7-8-14)22-12-10-15-5-4-6-16(13-15)17(23)19-2/h4-6,13-14H,3,7-12H2,1-2H3,(H,19,23)(H2,20,21,22). The molecule has 0 heterocycles. The Morgan fingerprint density at radius 3 is 2.83 bits per heavy atom. The number of rotatable bonds is 8. The lowest BCUT2D eigenvalue weighted by Crippen LogP contribution is -2.38. The van der Waals surface area contributed by atoms with Crippen molar-refractivity contribution >= 4 is 11.9 Å². The Balaban J connectivity index is 1.79. The summed E-state index contributed by atoms with van der Waals surface area (Å²) in [5.74, 6) is 1.75. The van der Waals surface area contributed by atoms with E-state index in [1.807, 2.05) is 24.3 Å². The van der Waals surface area contributed by atoms with Crippen LogP contribution in [0.1, 0.15) is 42.1 Å². The summed E-state index contributed by atoms with van der Waals surface area (Å²) in [6, 6.07) is 7.75. The molecule has 0 bridgehead atoms. The first-order valence-electron chi connectivity index (χ1n) is 8.56. The molecule has 5 nitrogen and oxygen atoms in total. The quantitative estimate of drug-likeness (QED) is 0.507. The predicted octanol–water partition coefficient (Wildman–Crippen LogP) is 1.94. The molecule has 0 radical (unpaired) electrons. The average Bonchev–Trinajstić information content (AvgIpc) is 3.38. The summed E-state index contributed by atoms with van der Waals surface area (Å²) in [5.41, 5.74) is 1.85. The van der Waals surface area contributed by atoms with Gasteiger partial charge in [-0.2, -0.15) is 0 Å². The molecule has 1 aliphatic carbocycles. The average molecular weight is 316 g/mol. The lowest BCUT2D eigenvalue weighted by Gasteiger charge is -2.11. The Bertz CT molecular complexity index is 538. The molecule has 0 saturated heterocycles. The number of aliphatic imine (C=N–C) groups is 1. The Labute approximate surface area is 139 Å². The molecule has 126 valence electrons. The van der Waals surface area contributed by atoms with E-state index in [2.05, 4.69) is 27.9 Å². The maximum absolute atomic E-state index is 11.7. The van der Waals surface area contributed by atoms with Crippen LogP contribution < -0.4 is 16.0 Å². The van der Waals surface area contributed by atoms with Crippen LogP contribution in [0.25, 0.3) is 0 Å². The van der Waals surface area contributed by atoms with Crippen molar-refractivity contribution in [2.45, 2.75) is 32.6 Å². The number of nitrogens with zero attached hydrogens (tertiary/aromatic N) is 1. The third kappa shape index (κ3) is 6.30. The van der Waals surface area contributed by atoms with E-state index in [-0.39, 0.29) is 5.91 Å². The van der Waals surface area contributed by atoms with Crippen molar-refractivity contribution in [2.24, 2.45) is 10.9 Å². The van der Waals surface area contributed by atoms with Gasteiger partial charge in [0.1, 0.15) is 0 Å². The van der Waals surface area contributed by atoms with E-state index in [0.717, 1.165) is 43.5 Å². The summed E-state index contributed by atoms with van der Waals surface area (Å²) in [4.78, 5) is 16.3. The number of nitrogens with one attached hydrogen (secondary N) is 3. The number of amides is 1. The van der Waals surface area contributed by atoms with Crippen LogP contribution in [0.15, 0.2) is 29.3 Å². The monoisotopic (exact) mass is 316 g/mol. The fraction of sp³-hybridized carbons (Fsp3) is 0.556. The molecule has 0 unspecified atom stereocenters. The van der Waals surface area contributed by atoms with Gasteiger partial charge in [-0.25, -0.2) is 0 Å². The largest absolute Gasteiger partial charge is 0.357 e. The molecule has 1 fully saturated rings. The second kappa shape index (κ2) is 9.18. The molecular weight excluding hydrogens is 288 g/mol. The topological polar surface area (TPSA) is 65.5 Å². The van der Waals surface area contributed by atoms with Crippen molar-refractivity contribution in [3.8, 4) is 0 Å². The minimum atomic E-state index is -0.0465. The van der Waals surface area contributed by atoms with Gasteiger partial charge >= 0.3 is 0 Å². The number of benzene rings is 1. The van der Waals surface area contributed by atoms with Gasteiger partial charge in [-0.1, -0.05) is 25.0 Å². The van der Waals surface area contributed by atoms with E-state index in [9.17, 15) is 4.79 Å². The van der Waals surface area contributed by atoms with E-state index in [4.69, 9.17) is 0 Å². The first-order chi connectivity index (χ1) is 11.2. The van der Waals surface area contributed by atoms with Gasteiger partial charge in [0.05, 0.1) is 0 Å². The van der Waals surface area contributed by atoms with Crippen molar-refractivity contribution < 1.29 is 4.79 Å². The van der Waals surface area contributed by atoms with Gasteiger partial charge in [-0.15, -0.1) is 0 Å². The molecular formula is C18H28N4O. The molecule has 0 aromatic heterocycles. The Morgan fingerprint density at radius 1 is 1.30 bits per heavy atom. The van der Waals surface area contributed by atoms with Gasteiger partial charge in [-0.3, -0.25) is 9.79 Å². The minimum absolute atomic E-state index is 0.0465. The highest BCUT2D eigenvalue weighted by Gasteiger charge is 2.20. The Hall–Kier alpha value is -2.04. The molecule has 1 saturated carbocycles. The molecule has 1 aliphatic rings. The first-order valence-corrected chi connectivity index (χ1v) is 8.56. The molecule has 3 N–H and O–H groups in total. The van der Waals surface area contributed by atoms with Crippen LogP contribution in [0.3, 0.4) is 0 Å². The normalized spacial score (nSPS) is 14.4. The van der Waals surface area contributed by atoms with Crippen molar-refractivity contribution in [1.82, 2.24) is 16.0 Å². The number of carbonyl (C=O) groups is 1. The van der Waals surface area contributed by atoms with Crippen LogP contribution in [-0.2, 0) is 6.42 Å². The zero-order chi connectivity index (χ0) is 16.5. The highest BCUT2D eigenvalue weighted by Crippen LogP contribution is 2.32. The zero-order valence-corrected chi connectivity index (χ0v) is 14.2. The molecule has 1 amide bonds. The molecule has 23 heavy (non-hydrogen) atoms. The van der Waals surface area contributed by atoms with Crippen LogP contribution in [0.4, 0.5) is 0 Å². The summed E-state index contributed by atoms with van der Waals surface area (Å²) >= 11 is 0. The molecule has 1 aromatic rings. The van der Waals surface area contributed by atoms with E-state index in [1.54, 1.807) is 7.05 Å². The SMILES string of the molecule is CCNC(=NCCC1CC1)NCCc1cccc(C(=O)NC)c1. The molecule has 5 heteroatoms. The van der Waals surface area contributed by atoms with Gasteiger partial charge in [0.15, 0.2) is 5.96 Å². The van der Waals surface area contributed by atoms with E-state index < -0.39 is 0 Å². The molecule has 1 aromatic carbocycles. The van der Waals surface area contributed by atoms with Gasteiger partial charge in [0, 0.05) is 32.2 Å². The van der Waals surface area contributed by atoms with E-state index >= 15 is 0 Å². The lowest BCUT2D eigenvalue weighted by molar-refractivity contribution is 0.0963. The fourth-order valence-corrected chi connectivity index (χ4v) is 2.44. The maximum Gasteiger partial charge on any atom is 0.251 e. The number of hydrogen-bond acceptors (Lipinski definition) is 2. The highest BCUT2D eigenvalue weighted by atomic mass is 16.1. The highest BCUT2D eigenvalue weighted by molar-refractivity contribution is 5.94. The summed E-state index contributed by atoms with van der Waals surface area (Å²) in [6.07, 6.45) is 4.81. The number of guanidine groups is 1. The van der Waals surface area contributed by atoms with Crippen molar-refractivity contribution in [2.75, 3.05) is 26.7 Å². The minimum Gasteiger partial charge on any atom is -0.357 e. The molecule has 0 atom stereocenters. The van der Waals surface area contributed by atoms with Crippen LogP contribution in [0.5, 0.6) is 0 Å². The number of hydrogen-bond donors (Lipinski definition) is 3. The van der Waals surface area contributed by atoms with E-state index in [0.29, 0.717) is 5.56 Å². The van der Waals surface area contributed by atoms with Crippen LogP contribution in [0.2, 0.25) is 0 Å². The summed E-state index contributed by atoms with van der Waals surface area (Å²) in [7, 11) is 1.65. The predicted molar refractivity (Wildman–Crippen MR) is 94.9 cm³/mol. The van der Waals surface area contributed by atoms with Crippen molar-refractivity contribution in [1.29, 1.82) is 0 Å². The van der Waals surface area contributed by atoms with Gasteiger partial charge in [-0.05, 0) is 43.4 Å². The lowest BCUT2D eigenvalue weighted by atomic mass is 10.1. The summed E-state index contributed by atoms with van der Waals surface area (Å²) in [6.45, 7) is 4.63. The number of carbonyl (C=O) groups excluding carboxylic acids is 1. The Morgan fingerprint density at radius 2 is 2.13 bits per heavy atom. The molecule has 0 spiro atoms. The first kappa shape index (κ1) is 17.3. The zero-order valence-electron chi connectivity index (χ0n) is 14.2. The smallest absolute Gasteiger partial charge is 0.251 e. The van der Waals surface area contributed by atoms with Crippen LogP contribution >= 0.6 is 0 Å². The molecule has 0 aliphatic heterocycles. The summed E-state index contributed by atoms with van der Waals surface area (Å²) < 4.78 is 0. The third-order valence-corrected chi connectivity index (χ3v) is 3.97. The van der Waals surface area contributed by atoms with Gasteiger partial charge < -0.3 is 16.0 Å². The van der Waals surface area contributed by atoms with E-state index in [1.165, 1.54) is 19.3 Å². The second-order valence-corrected chi connectivity index (χ2v) is 5.95. The maximum atomic E-state index is 11.7.